The fourth-order valence-electron chi connectivity index (χ4n) is 2.62. The molecule has 0 spiro atoms. The number of furan rings is 1. The number of benzene rings is 2. The molecule has 0 aliphatic rings. The Labute approximate surface area is 132 Å². The van der Waals surface area contributed by atoms with Crippen molar-refractivity contribution in [1.29, 1.82) is 5.26 Å². The van der Waals surface area contributed by atoms with Crippen LogP contribution in [0, 0.1) is 11.3 Å². The van der Waals surface area contributed by atoms with Gasteiger partial charge in [-0.2, -0.15) is 10.4 Å². The molecular weight excluding hydrogens is 288 g/mol. The van der Waals surface area contributed by atoms with E-state index in [1.807, 2.05) is 42.5 Å². The molecule has 0 saturated heterocycles. The standard InChI is InChI=1S/C18H12N4O/c19-9-13-5-6-15(10-22-12-20-11-21-22)16(7-13)18-8-14-3-1-2-4-17(14)23-18/h1-8,11-12H,10H2. The molecule has 5 heteroatoms. The van der Waals surface area contributed by atoms with Gasteiger partial charge in [-0.05, 0) is 29.8 Å². The van der Waals surface area contributed by atoms with Gasteiger partial charge in [-0.3, -0.25) is 0 Å². The molecule has 0 unspecified atom stereocenters. The molecule has 2 aromatic heterocycles. The number of nitriles is 1. The fourth-order valence-corrected chi connectivity index (χ4v) is 2.62. The first-order valence-corrected chi connectivity index (χ1v) is 7.18. The Morgan fingerprint density at radius 1 is 1.13 bits per heavy atom. The Bertz CT molecular complexity index is 976. The van der Waals surface area contributed by atoms with Crippen molar-refractivity contribution >= 4 is 11.0 Å². The topological polar surface area (TPSA) is 67.6 Å². The average molecular weight is 300 g/mol. The molecule has 2 heterocycles. The van der Waals surface area contributed by atoms with Crippen LogP contribution in [0.2, 0.25) is 0 Å². The SMILES string of the molecule is N#Cc1ccc(Cn2cncn2)c(-c2cc3ccccc3o2)c1. The first kappa shape index (κ1) is 13.3. The summed E-state index contributed by atoms with van der Waals surface area (Å²) in [4.78, 5) is 3.97. The maximum Gasteiger partial charge on any atom is 0.137 e. The number of hydrogen-bond donors (Lipinski definition) is 0. The molecule has 2 aromatic carbocycles. The van der Waals surface area contributed by atoms with Gasteiger partial charge in [0.1, 0.15) is 24.0 Å². The lowest BCUT2D eigenvalue weighted by Gasteiger charge is -2.08. The summed E-state index contributed by atoms with van der Waals surface area (Å²) >= 11 is 0. The summed E-state index contributed by atoms with van der Waals surface area (Å²) in [6.07, 6.45) is 3.17. The van der Waals surface area contributed by atoms with Crippen molar-refractivity contribution < 1.29 is 4.42 Å². The largest absolute Gasteiger partial charge is 0.456 e. The highest BCUT2D eigenvalue weighted by Crippen LogP contribution is 2.31. The first-order valence-electron chi connectivity index (χ1n) is 7.18. The van der Waals surface area contributed by atoms with Crippen LogP contribution >= 0.6 is 0 Å². The zero-order valence-electron chi connectivity index (χ0n) is 12.2. The molecule has 4 rings (SSSR count). The van der Waals surface area contributed by atoms with Crippen molar-refractivity contribution in [3.63, 3.8) is 0 Å². The van der Waals surface area contributed by atoms with E-state index < -0.39 is 0 Å². The van der Waals surface area contributed by atoms with Crippen LogP contribution in [0.15, 0.2) is 65.6 Å². The molecular formula is C18H12N4O. The van der Waals surface area contributed by atoms with Gasteiger partial charge in [0.25, 0.3) is 0 Å². The molecule has 4 aromatic rings. The van der Waals surface area contributed by atoms with E-state index >= 15 is 0 Å². The van der Waals surface area contributed by atoms with Crippen molar-refractivity contribution in [3.05, 3.63) is 72.3 Å². The van der Waals surface area contributed by atoms with Crippen LogP contribution in [-0.2, 0) is 6.54 Å². The zero-order chi connectivity index (χ0) is 15.6. The Balaban J connectivity index is 1.86. The van der Waals surface area contributed by atoms with E-state index in [4.69, 9.17) is 4.42 Å². The van der Waals surface area contributed by atoms with Gasteiger partial charge in [0.15, 0.2) is 0 Å². The molecule has 0 N–H and O–H groups in total. The van der Waals surface area contributed by atoms with E-state index in [0.29, 0.717) is 12.1 Å². The highest BCUT2D eigenvalue weighted by Gasteiger charge is 2.12. The van der Waals surface area contributed by atoms with E-state index in [1.54, 1.807) is 17.1 Å². The first-order chi connectivity index (χ1) is 11.3. The highest BCUT2D eigenvalue weighted by atomic mass is 16.3. The van der Waals surface area contributed by atoms with Crippen LogP contribution in [0.4, 0.5) is 0 Å². The third-order valence-corrected chi connectivity index (χ3v) is 3.73. The van der Waals surface area contributed by atoms with Gasteiger partial charge < -0.3 is 4.42 Å². The minimum atomic E-state index is 0.568. The van der Waals surface area contributed by atoms with Crippen molar-refractivity contribution in [2.45, 2.75) is 6.54 Å². The Kier molecular flexibility index (Phi) is 3.13. The van der Waals surface area contributed by atoms with E-state index in [1.165, 1.54) is 6.33 Å². The van der Waals surface area contributed by atoms with Crippen LogP contribution in [0.25, 0.3) is 22.3 Å². The van der Waals surface area contributed by atoms with Crippen LogP contribution in [0.3, 0.4) is 0 Å². The summed E-state index contributed by atoms with van der Waals surface area (Å²) in [5.74, 6) is 0.749. The van der Waals surface area contributed by atoms with Crippen LogP contribution in [-0.4, -0.2) is 14.8 Å². The van der Waals surface area contributed by atoms with E-state index in [-0.39, 0.29) is 0 Å². The van der Waals surface area contributed by atoms with Crippen molar-refractivity contribution in [2.24, 2.45) is 0 Å². The van der Waals surface area contributed by atoms with Crippen molar-refractivity contribution in [3.8, 4) is 17.4 Å². The summed E-state index contributed by atoms with van der Waals surface area (Å²) in [5, 5.41) is 14.4. The van der Waals surface area contributed by atoms with Crippen LogP contribution < -0.4 is 0 Å². The predicted molar refractivity (Wildman–Crippen MR) is 85.5 cm³/mol. The normalized spacial score (nSPS) is 10.7. The number of hydrogen-bond acceptors (Lipinski definition) is 4. The molecule has 5 nitrogen and oxygen atoms in total. The molecule has 0 radical (unpaired) electrons. The zero-order valence-corrected chi connectivity index (χ0v) is 12.2. The molecule has 0 fully saturated rings. The number of aromatic nitrogens is 3. The van der Waals surface area contributed by atoms with Crippen molar-refractivity contribution in [1.82, 2.24) is 14.8 Å². The molecule has 110 valence electrons. The predicted octanol–water partition coefficient (Wildman–Crippen LogP) is 3.61. The molecule has 0 bridgehead atoms. The number of fused-ring (bicyclic) bond motifs is 1. The third kappa shape index (κ3) is 2.47. The van der Waals surface area contributed by atoms with Crippen molar-refractivity contribution in [2.75, 3.05) is 0 Å². The van der Waals surface area contributed by atoms with Gasteiger partial charge in [-0.25, -0.2) is 9.67 Å². The van der Waals surface area contributed by atoms with Gasteiger partial charge in [0, 0.05) is 10.9 Å². The third-order valence-electron chi connectivity index (χ3n) is 3.73. The van der Waals surface area contributed by atoms with Gasteiger partial charge in [0.05, 0.1) is 18.2 Å². The highest BCUT2D eigenvalue weighted by molar-refractivity contribution is 5.83. The number of nitrogens with zero attached hydrogens (tertiary/aromatic N) is 4. The summed E-state index contributed by atoms with van der Waals surface area (Å²) in [6, 6.07) is 17.6. The van der Waals surface area contributed by atoms with E-state index in [0.717, 1.165) is 27.9 Å². The lowest BCUT2D eigenvalue weighted by Crippen LogP contribution is -2.02. The molecule has 0 atom stereocenters. The second-order valence-electron chi connectivity index (χ2n) is 5.23. The Morgan fingerprint density at radius 3 is 2.83 bits per heavy atom. The van der Waals surface area contributed by atoms with Crippen LogP contribution in [0.1, 0.15) is 11.1 Å². The fraction of sp³-hybridized carbons (Fsp3) is 0.0556. The Morgan fingerprint density at radius 2 is 2.04 bits per heavy atom. The second-order valence-corrected chi connectivity index (χ2v) is 5.23. The molecule has 0 aliphatic heterocycles. The summed E-state index contributed by atoms with van der Waals surface area (Å²) in [5.41, 5.74) is 3.35. The Hall–Kier alpha value is -3.39. The van der Waals surface area contributed by atoms with E-state index in [2.05, 4.69) is 16.2 Å². The second kappa shape index (κ2) is 5.43. The summed E-state index contributed by atoms with van der Waals surface area (Å²) in [6.45, 7) is 0.568. The maximum atomic E-state index is 9.19. The van der Waals surface area contributed by atoms with Gasteiger partial charge in [-0.1, -0.05) is 24.3 Å². The summed E-state index contributed by atoms with van der Waals surface area (Å²) < 4.78 is 7.70. The van der Waals surface area contributed by atoms with E-state index in [9.17, 15) is 5.26 Å². The molecule has 0 saturated carbocycles. The van der Waals surface area contributed by atoms with Gasteiger partial charge in [0.2, 0.25) is 0 Å². The lowest BCUT2D eigenvalue weighted by atomic mass is 10.0. The minimum absolute atomic E-state index is 0.568. The maximum absolute atomic E-state index is 9.19. The van der Waals surface area contributed by atoms with Crippen LogP contribution in [0.5, 0.6) is 0 Å². The average Bonchev–Trinajstić information content (AvgIpc) is 3.24. The lowest BCUT2D eigenvalue weighted by molar-refractivity contribution is 0.627. The smallest absolute Gasteiger partial charge is 0.137 e. The van der Waals surface area contributed by atoms with Gasteiger partial charge >= 0.3 is 0 Å². The molecule has 0 amide bonds. The van der Waals surface area contributed by atoms with Gasteiger partial charge in [-0.15, -0.1) is 0 Å². The number of rotatable bonds is 3. The summed E-state index contributed by atoms with van der Waals surface area (Å²) in [7, 11) is 0. The minimum Gasteiger partial charge on any atom is -0.456 e. The monoisotopic (exact) mass is 300 g/mol. The quantitative estimate of drug-likeness (QED) is 0.579. The molecule has 23 heavy (non-hydrogen) atoms. The molecule has 0 aliphatic carbocycles. The number of para-hydroxylation sites is 1.